The molecule has 2 heterocycles. The van der Waals surface area contributed by atoms with E-state index in [0.717, 1.165) is 25.0 Å². The van der Waals surface area contributed by atoms with Gasteiger partial charge in [0.1, 0.15) is 5.82 Å². The standard InChI is InChI=1S/C24H30F4N2O4/c1-2-3-14-34-23(33)17-8-12-29(13-9-17)21(31)16-6-10-30(11-7-16)22(32)19-5-4-18(25)15-20(19)24(26,27)28/h4-5,15-17H,2-3,6-14H2,1H3. The second-order valence-electron chi connectivity index (χ2n) is 8.87. The highest BCUT2D eigenvalue weighted by Gasteiger charge is 2.38. The minimum absolute atomic E-state index is 0.0531. The van der Waals surface area contributed by atoms with E-state index in [2.05, 4.69) is 0 Å². The Morgan fingerprint density at radius 1 is 0.971 bits per heavy atom. The molecule has 0 aromatic heterocycles. The van der Waals surface area contributed by atoms with E-state index in [-0.39, 0.29) is 36.8 Å². The van der Waals surface area contributed by atoms with Crippen LogP contribution in [0.3, 0.4) is 0 Å². The van der Waals surface area contributed by atoms with Crippen molar-refractivity contribution in [3.63, 3.8) is 0 Å². The number of esters is 1. The number of hydrogen-bond acceptors (Lipinski definition) is 4. The molecule has 34 heavy (non-hydrogen) atoms. The maximum atomic E-state index is 13.3. The number of carbonyl (C=O) groups is 3. The number of piperidine rings is 2. The Hall–Kier alpha value is -2.65. The predicted octanol–water partition coefficient (Wildman–Crippen LogP) is 4.28. The van der Waals surface area contributed by atoms with Crippen LogP contribution in [0.15, 0.2) is 18.2 Å². The first kappa shape index (κ1) is 26.0. The van der Waals surface area contributed by atoms with Gasteiger partial charge in [0, 0.05) is 32.1 Å². The summed E-state index contributed by atoms with van der Waals surface area (Å²) in [5, 5.41) is 0. The Morgan fingerprint density at radius 3 is 2.15 bits per heavy atom. The van der Waals surface area contributed by atoms with Crippen LogP contribution in [0.5, 0.6) is 0 Å². The highest BCUT2D eigenvalue weighted by Crippen LogP contribution is 2.34. The van der Waals surface area contributed by atoms with Crippen LogP contribution in [0.25, 0.3) is 0 Å². The van der Waals surface area contributed by atoms with Gasteiger partial charge in [-0.05, 0) is 50.3 Å². The summed E-state index contributed by atoms with van der Waals surface area (Å²) in [4.78, 5) is 40.8. The number of benzene rings is 1. The Labute approximate surface area is 196 Å². The van der Waals surface area contributed by atoms with Gasteiger partial charge < -0.3 is 14.5 Å². The highest BCUT2D eigenvalue weighted by atomic mass is 19.4. The van der Waals surface area contributed by atoms with Crippen molar-refractivity contribution in [2.45, 2.75) is 51.6 Å². The summed E-state index contributed by atoms with van der Waals surface area (Å²) in [6.45, 7) is 3.62. The predicted molar refractivity (Wildman–Crippen MR) is 115 cm³/mol. The molecule has 0 radical (unpaired) electrons. The lowest BCUT2D eigenvalue weighted by atomic mass is 9.91. The molecular formula is C24H30F4N2O4. The minimum Gasteiger partial charge on any atom is -0.465 e. The number of amides is 2. The second-order valence-corrected chi connectivity index (χ2v) is 8.87. The molecule has 0 bridgehead atoms. The van der Waals surface area contributed by atoms with Crippen LogP contribution in [0, 0.1) is 17.7 Å². The fourth-order valence-corrected chi connectivity index (χ4v) is 4.47. The van der Waals surface area contributed by atoms with Crippen molar-refractivity contribution in [1.82, 2.24) is 9.80 Å². The SMILES string of the molecule is CCCCOC(=O)C1CCN(C(=O)C2CCN(C(=O)c3ccc(F)cc3C(F)(F)F)CC2)CC1. The van der Waals surface area contributed by atoms with Gasteiger partial charge in [0.05, 0.1) is 23.7 Å². The van der Waals surface area contributed by atoms with Crippen molar-refractivity contribution in [3.8, 4) is 0 Å². The molecular weight excluding hydrogens is 456 g/mol. The summed E-state index contributed by atoms with van der Waals surface area (Å²) in [5.41, 5.74) is -1.89. The molecule has 1 aromatic rings. The van der Waals surface area contributed by atoms with Crippen LogP contribution in [-0.4, -0.2) is 60.4 Å². The Bertz CT molecular complexity index is 889. The molecule has 0 spiro atoms. The molecule has 10 heteroatoms. The molecule has 6 nitrogen and oxygen atoms in total. The molecule has 2 aliphatic rings. The van der Waals surface area contributed by atoms with Crippen LogP contribution in [0.1, 0.15) is 61.4 Å². The molecule has 0 N–H and O–H groups in total. The molecule has 2 saturated heterocycles. The number of alkyl halides is 3. The first-order valence-electron chi connectivity index (χ1n) is 11.7. The maximum Gasteiger partial charge on any atom is 0.417 e. The third kappa shape index (κ3) is 6.27. The maximum absolute atomic E-state index is 13.3. The van der Waals surface area contributed by atoms with Gasteiger partial charge >= 0.3 is 12.1 Å². The number of likely N-dealkylation sites (tertiary alicyclic amines) is 2. The van der Waals surface area contributed by atoms with Gasteiger partial charge in [0.25, 0.3) is 5.91 Å². The van der Waals surface area contributed by atoms with E-state index in [9.17, 15) is 31.9 Å². The third-order valence-electron chi connectivity index (χ3n) is 6.53. The number of unbranched alkanes of at least 4 members (excludes halogenated alkanes) is 1. The highest BCUT2D eigenvalue weighted by molar-refractivity contribution is 5.96. The normalized spacial score (nSPS) is 18.1. The minimum atomic E-state index is -4.85. The monoisotopic (exact) mass is 486 g/mol. The fraction of sp³-hybridized carbons (Fsp3) is 0.625. The van der Waals surface area contributed by atoms with Crippen molar-refractivity contribution in [2.24, 2.45) is 11.8 Å². The van der Waals surface area contributed by atoms with E-state index in [1.165, 1.54) is 4.90 Å². The average molecular weight is 487 g/mol. The number of carbonyl (C=O) groups excluding carboxylic acids is 3. The van der Waals surface area contributed by atoms with Gasteiger partial charge in [-0.15, -0.1) is 0 Å². The molecule has 3 rings (SSSR count). The molecule has 2 fully saturated rings. The Kier molecular flexibility index (Phi) is 8.54. The average Bonchev–Trinajstić information content (AvgIpc) is 2.83. The zero-order chi connectivity index (χ0) is 24.9. The molecule has 2 aliphatic heterocycles. The summed E-state index contributed by atoms with van der Waals surface area (Å²) < 4.78 is 58.4. The first-order valence-corrected chi connectivity index (χ1v) is 11.7. The number of hydrogen-bond donors (Lipinski definition) is 0. The van der Waals surface area contributed by atoms with Gasteiger partial charge in [-0.3, -0.25) is 14.4 Å². The van der Waals surface area contributed by atoms with Gasteiger partial charge in [0.15, 0.2) is 0 Å². The molecule has 0 saturated carbocycles. The topological polar surface area (TPSA) is 66.9 Å². The van der Waals surface area contributed by atoms with Gasteiger partial charge in [-0.25, -0.2) is 4.39 Å². The van der Waals surface area contributed by atoms with Crippen molar-refractivity contribution in [3.05, 3.63) is 35.1 Å². The van der Waals surface area contributed by atoms with Crippen LogP contribution >= 0.6 is 0 Å². The largest absolute Gasteiger partial charge is 0.465 e. The van der Waals surface area contributed by atoms with Crippen molar-refractivity contribution in [2.75, 3.05) is 32.8 Å². The van der Waals surface area contributed by atoms with Crippen LogP contribution in [-0.2, 0) is 20.5 Å². The molecule has 0 unspecified atom stereocenters. The van der Waals surface area contributed by atoms with E-state index in [1.807, 2.05) is 6.92 Å². The fourth-order valence-electron chi connectivity index (χ4n) is 4.47. The molecule has 0 aliphatic carbocycles. The third-order valence-corrected chi connectivity index (χ3v) is 6.53. The summed E-state index contributed by atoms with van der Waals surface area (Å²) in [5.74, 6) is -2.69. The quantitative estimate of drug-likeness (QED) is 0.342. The lowest BCUT2D eigenvalue weighted by molar-refractivity contribution is -0.152. The van der Waals surface area contributed by atoms with Crippen LogP contribution in [0.2, 0.25) is 0 Å². The van der Waals surface area contributed by atoms with E-state index in [4.69, 9.17) is 4.74 Å². The summed E-state index contributed by atoms with van der Waals surface area (Å²) >= 11 is 0. The summed E-state index contributed by atoms with van der Waals surface area (Å²) in [7, 11) is 0. The summed E-state index contributed by atoms with van der Waals surface area (Å²) in [6, 6.07) is 2.02. The molecule has 1 aromatic carbocycles. The van der Waals surface area contributed by atoms with Crippen LogP contribution < -0.4 is 0 Å². The van der Waals surface area contributed by atoms with E-state index in [0.29, 0.717) is 51.4 Å². The van der Waals surface area contributed by atoms with E-state index >= 15 is 0 Å². The number of rotatable bonds is 6. The van der Waals surface area contributed by atoms with Crippen LogP contribution in [0.4, 0.5) is 17.6 Å². The molecule has 188 valence electrons. The number of ether oxygens (including phenoxy) is 1. The zero-order valence-electron chi connectivity index (χ0n) is 19.2. The molecule has 0 atom stereocenters. The smallest absolute Gasteiger partial charge is 0.417 e. The molecule has 2 amide bonds. The number of nitrogens with zero attached hydrogens (tertiary/aromatic N) is 2. The van der Waals surface area contributed by atoms with Crippen molar-refractivity contribution < 1.29 is 36.7 Å². The first-order chi connectivity index (χ1) is 16.1. The zero-order valence-corrected chi connectivity index (χ0v) is 19.2. The summed E-state index contributed by atoms with van der Waals surface area (Å²) in [6.07, 6.45) is -1.33. The van der Waals surface area contributed by atoms with Crippen molar-refractivity contribution >= 4 is 17.8 Å². The lowest BCUT2D eigenvalue weighted by Crippen LogP contribution is -2.47. The van der Waals surface area contributed by atoms with Gasteiger partial charge in [-0.2, -0.15) is 13.2 Å². The van der Waals surface area contributed by atoms with E-state index in [1.54, 1.807) is 4.90 Å². The Morgan fingerprint density at radius 2 is 1.56 bits per heavy atom. The number of halogens is 4. The van der Waals surface area contributed by atoms with Crippen molar-refractivity contribution in [1.29, 1.82) is 0 Å². The second kappa shape index (κ2) is 11.2. The van der Waals surface area contributed by atoms with Gasteiger partial charge in [0.2, 0.25) is 5.91 Å². The van der Waals surface area contributed by atoms with Gasteiger partial charge in [-0.1, -0.05) is 13.3 Å². The lowest BCUT2D eigenvalue weighted by Gasteiger charge is -2.37. The Balaban J connectivity index is 1.51. The van der Waals surface area contributed by atoms with E-state index < -0.39 is 29.0 Å².